The van der Waals surface area contributed by atoms with Gasteiger partial charge in [-0.1, -0.05) is 6.07 Å². The van der Waals surface area contributed by atoms with Crippen molar-refractivity contribution in [3.05, 3.63) is 48.2 Å². The molecule has 5 heteroatoms. The van der Waals surface area contributed by atoms with E-state index in [2.05, 4.69) is 21.7 Å². The summed E-state index contributed by atoms with van der Waals surface area (Å²) in [6, 6.07) is 12.9. The predicted octanol–water partition coefficient (Wildman–Crippen LogP) is 3.05. The number of anilines is 3. The fourth-order valence-corrected chi connectivity index (χ4v) is 1.95. The SMILES string of the molecule is N#Cc1cccc(Nc2ccc(NC(=O)C3CC3)cn2)c1. The lowest BCUT2D eigenvalue weighted by molar-refractivity contribution is -0.117. The molecule has 1 fully saturated rings. The molecule has 1 aliphatic rings. The van der Waals surface area contributed by atoms with Crippen LogP contribution in [0.4, 0.5) is 17.2 Å². The fourth-order valence-electron chi connectivity index (χ4n) is 1.95. The van der Waals surface area contributed by atoms with Gasteiger partial charge >= 0.3 is 0 Å². The molecular weight excluding hydrogens is 264 g/mol. The lowest BCUT2D eigenvalue weighted by Gasteiger charge is -2.07. The van der Waals surface area contributed by atoms with Crippen LogP contribution >= 0.6 is 0 Å². The van der Waals surface area contributed by atoms with Crippen molar-refractivity contribution >= 4 is 23.1 Å². The van der Waals surface area contributed by atoms with Gasteiger partial charge in [0.15, 0.2) is 0 Å². The van der Waals surface area contributed by atoms with Crippen molar-refractivity contribution in [3.8, 4) is 6.07 Å². The van der Waals surface area contributed by atoms with E-state index in [9.17, 15) is 4.79 Å². The number of nitrogens with zero attached hydrogens (tertiary/aromatic N) is 2. The van der Waals surface area contributed by atoms with E-state index in [-0.39, 0.29) is 11.8 Å². The van der Waals surface area contributed by atoms with Crippen LogP contribution in [-0.2, 0) is 4.79 Å². The maximum atomic E-state index is 11.6. The van der Waals surface area contributed by atoms with Crippen LogP contribution in [0, 0.1) is 17.2 Å². The molecule has 104 valence electrons. The average molecular weight is 278 g/mol. The molecule has 0 bridgehead atoms. The van der Waals surface area contributed by atoms with Gasteiger partial charge in [0.25, 0.3) is 0 Å². The topological polar surface area (TPSA) is 77.8 Å². The number of pyridine rings is 1. The van der Waals surface area contributed by atoms with Crippen molar-refractivity contribution < 1.29 is 4.79 Å². The summed E-state index contributed by atoms with van der Waals surface area (Å²) in [5, 5.41) is 14.8. The summed E-state index contributed by atoms with van der Waals surface area (Å²) >= 11 is 0. The van der Waals surface area contributed by atoms with Crippen LogP contribution < -0.4 is 10.6 Å². The highest BCUT2D eigenvalue weighted by Crippen LogP contribution is 2.30. The maximum Gasteiger partial charge on any atom is 0.227 e. The van der Waals surface area contributed by atoms with E-state index in [1.165, 1.54) is 0 Å². The number of benzene rings is 1. The van der Waals surface area contributed by atoms with Crippen molar-refractivity contribution in [1.29, 1.82) is 5.26 Å². The van der Waals surface area contributed by atoms with Crippen LogP contribution in [0.3, 0.4) is 0 Å². The molecule has 0 aliphatic heterocycles. The van der Waals surface area contributed by atoms with Crippen molar-refractivity contribution in [2.24, 2.45) is 5.92 Å². The molecule has 1 aromatic carbocycles. The number of hydrogen-bond acceptors (Lipinski definition) is 4. The van der Waals surface area contributed by atoms with Crippen LogP contribution in [0.2, 0.25) is 0 Å². The minimum absolute atomic E-state index is 0.0687. The predicted molar refractivity (Wildman–Crippen MR) is 80.0 cm³/mol. The highest BCUT2D eigenvalue weighted by atomic mass is 16.2. The summed E-state index contributed by atoms with van der Waals surface area (Å²) in [4.78, 5) is 15.9. The van der Waals surface area contributed by atoms with Crippen molar-refractivity contribution in [1.82, 2.24) is 4.98 Å². The minimum atomic E-state index is 0.0687. The van der Waals surface area contributed by atoms with Crippen molar-refractivity contribution in [2.45, 2.75) is 12.8 Å². The Balaban J connectivity index is 1.66. The third-order valence-electron chi connectivity index (χ3n) is 3.24. The second-order valence-electron chi connectivity index (χ2n) is 5.01. The zero-order chi connectivity index (χ0) is 14.7. The van der Waals surface area contributed by atoms with Gasteiger partial charge in [0.1, 0.15) is 5.82 Å². The Morgan fingerprint density at radius 1 is 1.24 bits per heavy atom. The van der Waals surface area contributed by atoms with Gasteiger partial charge in [0.2, 0.25) is 5.91 Å². The molecule has 1 saturated carbocycles. The summed E-state index contributed by atoms with van der Waals surface area (Å²) in [7, 11) is 0. The number of nitriles is 1. The van der Waals surface area contributed by atoms with Crippen LogP contribution in [0.25, 0.3) is 0 Å². The quantitative estimate of drug-likeness (QED) is 0.901. The Morgan fingerprint density at radius 3 is 2.76 bits per heavy atom. The molecule has 0 saturated heterocycles. The summed E-state index contributed by atoms with van der Waals surface area (Å²) in [5.74, 6) is 0.908. The van der Waals surface area contributed by atoms with E-state index in [1.807, 2.05) is 18.2 Å². The molecule has 1 heterocycles. The Kier molecular flexibility index (Phi) is 3.52. The first-order chi connectivity index (χ1) is 10.2. The smallest absolute Gasteiger partial charge is 0.227 e. The van der Waals surface area contributed by atoms with Crippen molar-refractivity contribution in [3.63, 3.8) is 0 Å². The van der Waals surface area contributed by atoms with Gasteiger partial charge in [0, 0.05) is 11.6 Å². The normalized spacial score (nSPS) is 13.3. The first kappa shape index (κ1) is 13.1. The van der Waals surface area contributed by atoms with Crippen molar-refractivity contribution in [2.75, 3.05) is 10.6 Å². The summed E-state index contributed by atoms with van der Waals surface area (Å²) in [5.41, 5.74) is 2.09. The van der Waals surface area contributed by atoms with Gasteiger partial charge in [-0.25, -0.2) is 4.98 Å². The number of hydrogen-bond donors (Lipinski definition) is 2. The Morgan fingerprint density at radius 2 is 2.10 bits per heavy atom. The first-order valence-electron chi connectivity index (χ1n) is 6.79. The third kappa shape index (κ3) is 3.37. The molecule has 0 spiro atoms. The number of nitrogens with one attached hydrogen (secondary N) is 2. The molecule has 1 aliphatic carbocycles. The first-order valence-corrected chi connectivity index (χ1v) is 6.79. The number of carbonyl (C=O) groups is 1. The number of amides is 1. The third-order valence-corrected chi connectivity index (χ3v) is 3.24. The van der Waals surface area contributed by atoms with Gasteiger partial charge in [-0.15, -0.1) is 0 Å². The highest BCUT2D eigenvalue weighted by molar-refractivity contribution is 5.93. The van der Waals surface area contributed by atoms with Crippen LogP contribution in [0.15, 0.2) is 42.6 Å². The van der Waals surface area contributed by atoms with E-state index in [0.29, 0.717) is 17.1 Å². The monoisotopic (exact) mass is 278 g/mol. The molecule has 5 nitrogen and oxygen atoms in total. The van der Waals surface area contributed by atoms with E-state index < -0.39 is 0 Å². The number of aromatic nitrogens is 1. The second-order valence-corrected chi connectivity index (χ2v) is 5.01. The van der Waals surface area contributed by atoms with Gasteiger partial charge < -0.3 is 10.6 Å². The second kappa shape index (κ2) is 5.63. The van der Waals surface area contributed by atoms with Crippen LogP contribution in [0.1, 0.15) is 18.4 Å². The molecule has 3 rings (SSSR count). The summed E-state index contributed by atoms with van der Waals surface area (Å²) in [6.07, 6.45) is 3.58. The standard InChI is InChI=1S/C16H14N4O/c17-9-11-2-1-3-13(8-11)19-15-7-6-14(10-18-15)20-16(21)12-4-5-12/h1-3,6-8,10,12H,4-5H2,(H,18,19)(H,20,21). The molecule has 21 heavy (non-hydrogen) atoms. The molecule has 2 N–H and O–H groups in total. The average Bonchev–Trinajstić information content (AvgIpc) is 3.34. The number of rotatable bonds is 4. The van der Waals surface area contributed by atoms with Gasteiger partial charge in [-0.3, -0.25) is 4.79 Å². The molecule has 0 unspecified atom stereocenters. The molecule has 0 radical (unpaired) electrons. The van der Waals surface area contributed by atoms with E-state index in [4.69, 9.17) is 5.26 Å². The van der Waals surface area contributed by atoms with Gasteiger partial charge in [-0.05, 0) is 43.2 Å². The van der Waals surface area contributed by atoms with Crippen LogP contribution in [0.5, 0.6) is 0 Å². The van der Waals surface area contributed by atoms with E-state index in [1.54, 1.807) is 24.4 Å². The molecular formula is C16H14N4O. The highest BCUT2D eigenvalue weighted by Gasteiger charge is 2.29. The molecule has 1 amide bonds. The lowest BCUT2D eigenvalue weighted by atomic mass is 10.2. The molecule has 1 aromatic heterocycles. The lowest BCUT2D eigenvalue weighted by Crippen LogP contribution is -2.13. The Labute approximate surface area is 122 Å². The van der Waals surface area contributed by atoms with Gasteiger partial charge in [0.05, 0.1) is 23.5 Å². The number of carbonyl (C=O) groups excluding carboxylic acids is 1. The van der Waals surface area contributed by atoms with Gasteiger partial charge in [-0.2, -0.15) is 5.26 Å². The molecule has 0 atom stereocenters. The Bertz CT molecular complexity index is 699. The minimum Gasteiger partial charge on any atom is -0.340 e. The maximum absolute atomic E-state index is 11.6. The van der Waals surface area contributed by atoms with E-state index in [0.717, 1.165) is 18.5 Å². The summed E-state index contributed by atoms with van der Waals surface area (Å²) in [6.45, 7) is 0. The van der Waals surface area contributed by atoms with Crippen LogP contribution in [-0.4, -0.2) is 10.9 Å². The zero-order valence-corrected chi connectivity index (χ0v) is 11.3. The van der Waals surface area contributed by atoms with E-state index >= 15 is 0 Å². The summed E-state index contributed by atoms with van der Waals surface area (Å²) < 4.78 is 0. The zero-order valence-electron chi connectivity index (χ0n) is 11.3. The fraction of sp³-hybridized carbons (Fsp3) is 0.188. The molecule has 2 aromatic rings. The Hall–Kier alpha value is -2.87. The largest absolute Gasteiger partial charge is 0.340 e.